The largest absolute Gasteiger partial charge is 0.468 e. The first-order chi connectivity index (χ1) is 17.7. The predicted molar refractivity (Wildman–Crippen MR) is 156 cm³/mol. The maximum Gasteiger partial charge on any atom is 0.108 e. The maximum absolute atomic E-state index is 6.61. The van der Waals surface area contributed by atoms with Crippen LogP contribution in [-0.4, -0.2) is 0 Å². The van der Waals surface area contributed by atoms with Crippen molar-refractivity contribution in [1.82, 2.24) is 0 Å². The quantitative estimate of drug-likeness (QED) is 0.369. The molecule has 0 N–H and O–H groups in total. The third-order valence-corrected chi connectivity index (χ3v) is 12.7. The Morgan fingerprint density at radius 2 is 1.70 bits per heavy atom. The molecular weight excluding hydrogens is 472 g/mol. The summed E-state index contributed by atoms with van der Waals surface area (Å²) in [7, 11) is 0. The van der Waals surface area contributed by atoms with Crippen LogP contribution in [0.3, 0.4) is 0 Å². The van der Waals surface area contributed by atoms with Crippen LogP contribution in [0.4, 0.5) is 0 Å². The highest BCUT2D eigenvalue weighted by molar-refractivity contribution is 6.33. The zero-order chi connectivity index (χ0) is 25.9. The maximum atomic E-state index is 6.61. The molecule has 1 nitrogen and oxygen atoms in total. The van der Waals surface area contributed by atoms with Gasteiger partial charge in [0.05, 0.1) is 6.26 Å². The number of furan rings is 1. The molecule has 37 heavy (non-hydrogen) atoms. The first kappa shape index (κ1) is 26.0. The van der Waals surface area contributed by atoms with E-state index in [1.165, 1.54) is 81.1 Å². The van der Waals surface area contributed by atoms with Gasteiger partial charge in [0.1, 0.15) is 5.76 Å². The van der Waals surface area contributed by atoms with Gasteiger partial charge >= 0.3 is 0 Å². The van der Waals surface area contributed by atoms with Crippen LogP contribution in [0.15, 0.2) is 34.9 Å². The molecule has 0 unspecified atom stereocenters. The van der Waals surface area contributed by atoms with E-state index in [4.69, 9.17) is 16.0 Å². The monoisotopic (exact) mass is 520 g/mol. The van der Waals surface area contributed by atoms with Crippen LogP contribution in [0.1, 0.15) is 104 Å². The fraction of sp³-hybridized carbons (Fsp3) is 0.714. The molecule has 0 radical (unpaired) electrons. The zero-order valence-electron chi connectivity index (χ0n) is 24.0. The highest BCUT2D eigenvalue weighted by Gasteiger charge is 2.60. The summed E-state index contributed by atoms with van der Waals surface area (Å²) in [4.78, 5) is 0. The molecule has 202 valence electrons. The van der Waals surface area contributed by atoms with Crippen molar-refractivity contribution in [2.45, 2.75) is 105 Å². The van der Waals surface area contributed by atoms with E-state index in [2.05, 4.69) is 46.8 Å². The average Bonchev–Trinajstić information content (AvgIpc) is 3.42. The summed E-state index contributed by atoms with van der Waals surface area (Å²) in [6.45, 7) is 12.7. The molecule has 0 saturated heterocycles. The van der Waals surface area contributed by atoms with Crippen LogP contribution in [0.25, 0.3) is 11.1 Å². The summed E-state index contributed by atoms with van der Waals surface area (Å²) in [5.41, 5.74) is 4.79. The highest BCUT2D eigenvalue weighted by Crippen LogP contribution is 2.68. The second kappa shape index (κ2) is 9.76. The van der Waals surface area contributed by atoms with Crippen molar-refractivity contribution < 1.29 is 4.42 Å². The minimum absolute atomic E-state index is 0.383. The van der Waals surface area contributed by atoms with Gasteiger partial charge in [-0.05, 0) is 103 Å². The Labute approximate surface area is 231 Å². The van der Waals surface area contributed by atoms with Crippen LogP contribution in [0.2, 0.25) is 5.02 Å². The molecule has 2 aromatic rings. The molecule has 0 amide bonds. The van der Waals surface area contributed by atoms with E-state index in [1.54, 1.807) is 0 Å². The third-order valence-electron chi connectivity index (χ3n) is 12.4. The second-order valence-corrected chi connectivity index (χ2v) is 15.0. The number of rotatable bonds is 6. The van der Waals surface area contributed by atoms with E-state index in [0.717, 1.165) is 58.4 Å². The average molecular weight is 521 g/mol. The smallest absolute Gasteiger partial charge is 0.108 e. The first-order valence-corrected chi connectivity index (χ1v) is 15.9. The molecule has 6 rings (SSSR count). The summed E-state index contributed by atoms with van der Waals surface area (Å²) in [6, 6.07) is 8.28. The van der Waals surface area contributed by atoms with E-state index in [0.29, 0.717) is 10.8 Å². The molecule has 3 saturated carbocycles. The minimum atomic E-state index is 0.383. The molecule has 4 aliphatic carbocycles. The van der Waals surface area contributed by atoms with Gasteiger partial charge in [0.2, 0.25) is 0 Å². The summed E-state index contributed by atoms with van der Waals surface area (Å²) in [5, 5.41) is 0.837. The molecule has 0 bridgehead atoms. The van der Waals surface area contributed by atoms with Crippen molar-refractivity contribution in [1.29, 1.82) is 0 Å². The molecule has 8 atom stereocenters. The van der Waals surface area contributed by atoms with Crippen LogP contribution in [0, 0.1) is 52.3 Å². The number of hydrogen-bond acceptors (Lipinski definition) is 1. The Bertz CT molecular complexity index is 1110. The number of halogens is 1. The van der Waals surface area contributed by atoms with Crippen LogP contribution in [-0.2, 0) is 12.8 Å². The van der Waals surface area contributed by atoms with Gasteiger partial charge in [-0.2, -0.15) is 0 Å². The molecule has 4 aliphatic rings. The Kier molecular flexibility index (Phi) is 6.87. The molecule has 0 aliphatic heterocycles. The highest BCUT2D eigenvalue weighted by atomic mass is 35.5. The Balaban J connectivity index is 1.22. The van der Waals surface area contributed by atoms with Gasteiger partial charge in [0.25, 0.3) is 0 Å². The zero-order valence-corrected chi connectivity index (χ0v) is 24.7. The summed E-state index contributed by atoms with van der Waals surface area (Å²) in [5.74, 6) is 7.43. The van der Waals surface area contributed by atoms with E-state index in [1.807, 2.05) is 18.4 Å². The first-order valence-electron chi connectivity index (χ1n) is 15.6. The van der Waals surface area contributed by atoms with E-state index in [9.17, 15) is 0 Å². The molecular formula is C35H49ClO. The standard InChI is InChI=1S/C35H49ClO/c1-22(2)9-8-10-23(3)29-15-16-30-26-14-13-24-19-27-28(25-11-6-7-12-32(25)36)21-37-33(27)20-35(24,5)31(26)17-18-34(29,30)4/h6-7,11-12,21-24,26,29-31H,8-10,13-20H2,1-5H3/t23-,24+,26-,29-,30+,31-,34-,35-/m0/s1. The van der Waals surface area contributed by atoms with Crippen molar-refractivity contribution in [2.24, 2.45) is 52.3 Å². The van der Waals surface area contributed by atoms with Crippen LogP contribution < -0.4 is 0 Å². The number of benzene rings is 1. The lowest BCUT2D eigenvalue weighted by atomic mass is 9.44. The lowest BCUT2D eigenvalue weighted by Crippen LogP contribution is -2.54. The summed E-state index contributed by atoms with van der Waals surface area (Å²) < 4.78 is 6.34. The Hall–Kier alpha value is -1.21. The SMILES string of the molecule is CC(C)CCC[C@H](C)[C@@H]1CC[C@@H]2[C@@H]3CC[C@@H]4Cc5c(-c6ccccc6Cl)coc5C[C@]4(C)[C@H]3CC[C@]21C. The van der Waals surface area contributed by atoms with Crippen molar-refractivity contribution in [3.05, 3.63) is 46.9 Å². The normalized spacial score (nSPS) is 37.5. The Morgan fingerprint density at radius 1 is 0.919 bits per heavy atom. The van der Waals surface area contributed by atoms with Crippen molar-refractivity contribution >= 4 is 11.6 Å². The van der Waals surface area contributed by atoms with Crippen LogP contribution in [0.5, 0.6) is 0 Å². The molecule has 1 aromatic carbocycles. The fourth-order valence-electron chi connectivity index (χ4n) is 10.5. The Morgan fingerprint density at radius 3 is 2.49 bits per heavy atom. The molecule has 1 aromatic heterocycles. The van der Waals surface area contributed by atoms with Gasteiger partial charge in [-0.3, -0.25) is 0 Å². The second-order valence-electron chi connectivity index (χ2n) is 14.6. The number of fused-ring (bicyclic) bond motifs is 6. The van der Waals surface area contributed by atoms with Gasteiger partial charge in [-0.25, -0.2) is 0 Å². The molecule has 3 fully saturated rings. The van der Waals surface area contributed by atoms with E-state index >= 15 is 0 Å². The lowest BCUT2D eigenvalue weighted by Gasteiger charge is -2.60. The molecule has 2 heteroatoms. The molecule has 1 heterocycles. The fourth-order valence-corrected chi connectivity index (χ4v) is 10.7. The number of hydrogen-bond donors (Lipinski definition) is 0. The van der Waals surface area contributed by atoms with Crippen LogP contribution >= 0.6 is 11.6 Å². The van der Waals surface area contributed by atoms with Gasteiger partial charge in [-0.15, -0.1) is 0 Å². The minimum Gasteiger partial charge on any atom is -0.468 e. The summed E-state index contributed by atoms with van der Waals surface area (Å²) in [6.07, 6.45) is 17.3. The van der Waals surface area contributed by atoms with Gasteiger partial charge in [0, 0.05) is 28.1 Å². The van der Waals surface area contributed by atoms with Crippen molar-refractivity contribution in [3.8, 4) is 11.1 Å². The predicted octanol–water partition coefficient (Wildman–Crippen LogP) is 10.6. The van der Waals surface area contributed by atoms with E-state index in [-0.39, 0.29) is 0 Å². The van der Waals surface area contributed by atoms with Crippen molar-refractivity contribution in [3.63, 3.8) is 0 Å². The lowest BCUT2D eigenvalue weighted by molar-refractivity contribution is -0.105. The van der Waals surface area contributed by atoms with Gasteiger partial charge in [0.15, 0.2) is 0 Å². The van der Waals surface area contributed by atoms with Crippen molar-refractivity contribution in [2.75, 3.05) is 0 Å². The third kappa shape index (κ3) is 4.25. The molecule has 0 spiro atoms. The topological polar surface area (TPSA) is 13.1 Å². The van der Waals surface area contributed by atoms with Gasteiger partial charge < -0.3 is 4.42 Å². The van der Waals surface area contributed by atoms with Gasteiger partial charge in [-0.1, -0.05) is 83.7 Å². The summed E-state index contributed by atoms with van der Waals surface area (Å²) >= 11 is 6.61. The van der Waals surface area contributed by atoms with E-state index < -0.39 is 0 Å².